The van der Waals surface area contributed by atoms with Gasteiger partial charge in [-0.3, -0.25) is 0 Å². The molecule has 2 aromatic rings. The second kappa shape index (κ2) is 6.25. The van der Waals surface area contributed by atoms with E-state index in [9.17, 15) is 0 Å². The SMILES string of the molecule is Clc1cc(NCCCCn2ccnc2)ccn1. The number of halogens is 1. The van der Waals surface area contributed by atoms with Gasteiger partial charge in [0.25, 0.3) is 0 Å². The van der Waals surface area contributed by atoms with E-state index in [4.69, 9.17) is 11.6 Å². The molecule has 0 radical (unpaired) electrons. The number of nitrogens with one attached hydrogen (secondary N) is 1. The van der Waals surface area contributed by atoms with Crippen LogP contribution in [0.4, 0.5) is 5.69 Å². The molecule has 17 heavy (non-hydrogen) atoms. The van der Waals surface area contributed by atoms with Crippen LogP contribution in [0.15, 0.2) is 37.1 Å². The first-order valence-corrected chi connectivity index (χ1v) is 6.03. The van der Waals surface area contributed by atoms with Crippen molar-refractivity contribution in [2.75, 3.05) is 11.9 Å². The molecule has 90 valence electrons. The second-order valence-corrected chi connectivity index (χ2v) is 4.19. The van der Waals surface area contributed by atoms with Crippen molar-refractivity contribution in [2.45, 2.75) is 19.4 Å². The Bertz CT molecular complexity index is 442. The number of hydrogen-bond donors (Lipinski definition) is 1. The molecule has 0 atom stereocenters. The molecule has 0 unspecified atom stereocenters. The highest BCUT2D eigenvalue weighted by Gasteiger charge is 1.94. The van der Waals surface area contributed by atoms with E-state index in [2.05, 4.69) is 19.9 Å². The van der Waals surface area contributed by atoms with Gasteiger partial charge >= 0.3 is 0 Å². The molecule has 2 aromatic heterocycles. The Kier molecular flexibility index (Phi) is 4.38. The molecule has 0 aromatic carbocycles. The Morgan fingerprint density at radius 3 is 3.00 bits per heavy atom. The predicted octanol–water partition coefficient (Wildman–Crippen LogP) is 2.82. The number of anilines is 1. The highest BCUT2D eigenvalue weighted by Crippen LogP contribution is 2.11. The van der Waals surface area contributed by atoms with Crippen molar-refractivity contribution in [3.8, 4) is 0 Å². The standard InChI is InChI=1S/C12H15ClN4/c13-12-9-11(3-5-16-12)15-4-1-2-7-17-8-6-14-10-17/h3,5-6,8-10H,1-2,4,7H2,(H,15,16). The number of nitrogens with zero attached hydrogens (tertiary/aromatic N) is 3. The summed E-state index contributed by atoms with van der Waals surface area (Å²) in [6, 6.07) is 3.75. The maximum absolute atomic E-state index is 5.79. The lowest BCUT2D eigenvalue weighted by Crippen LogP contribution is -2.03. The van der Waals surface area contributed by atoms with Crippen molar-refractivity contribution in [3.63, 3.8) is 0 Å². The number of rotatable bonds is 6. The van der Waals surface area contributed by atoms with E-state index in [0.29, 0.717) is 5.15 Å². The number of hydrogen-bond acceptors (Lipinski definition) is 3. The van der Waals surface area contributed by atoms with Crippen molar-refractivity contribution in [1.82, 2.24) is 14.5 Å². The maximum atomic E-state index is 5.79. The number of aromatic nitrogens is 3. The highest BCUT2D eigenvalue weighted by molar-refractivity contribution is 6.29. The number of pyridine rings is 1. The largest absolute Gasteiger partial charge is 0.385 e. The Morgan fingerprint density at radius 1 is 1.29 bits per heavy atom. The van der Waals surface area contributed by atoms with Gasteiger partial charge in [-0.05, 0) is 25.0 Å². The molecule has 0 saturated heterocycles. The normalized spacial score (nSPS) is 10.4. The Balaban J connectivity index is 1.63. The zero-order valence-corrected chi connectivity index (χ0v) is 10.3. The van der Waals surface area contributed by atoms with E-state index in [1.807, 2.05) is 24.7 Å². The Morgan fingerprint density at radius 2 is 2.24 bits per heavy atom. The lowest BCUT2D eigenvalue weighted by atomic mass is 10.3. The summed E-state index contributed by atoms with van der Waals surface area (Å²) in [5, 5.41) is 3.84. The van der Waals surface area contributed by atoms with E-state index >= 15 is 0 Å². The van der Waals surface area contributed by atoms with Crippen molar-refractivity contribution >= 4 is 17.3 Å². The fourth-order valence-corrected chi connectivity index (χ4v) is 1.76. The van der Waals surface area contributed by atoms with Gasteiger partial charge in [0.05, 0.1) is 6.33 Å². The van der Waals surface area contributed by atoms with Crippen molar-refractivity contribution in [3.05, 3.63) is 42.2 Å². The molecule has 2 heterocycles. The minimum absolute atomic E-state index is 0.522. The van der Waals surface area contributed by atoms with Crippen LogP contribution in [0.25, 0.3) is 0 Å². The maximum Gasteiger partial charge on any atom is 0.131 e. The quantitative estimate of drug-likeness (QED) is 0.633. The Labute approximate surface area is 106 Å². The lowest BCUT2D eigenvalue weighted by molar-refractivity contribution is 0.621. The van der Waals surface area contributed by atoms with Crippen LogP contribution in [0.3, 0.4) is 0 Å². The molecule has 0 amide bonds. The summed E-state index contributed by atoms with van der Waals surface area (Å²) >= 11 is 5.79. The molecule has 0 aliphatic heterocycles. The van der Waals surface area contributed by atoms with Gasteiger partial charge in [0, 0.05) is 37.4 Å². The summed E-state index contributed by atoms with van der Waals surface area (Å²) in [4.78, 5) is 7.94. The van der Waals surface area contributed by atoms with Gasteiger partial charge in [0.15, 0.2) is 0 Å². The molecule has 0 saturated carbocycles. The third-order valence-corrected chi connectivity index (χ3v) is 2.66. The smallest absolute Gasteiger partial charge is 0.131 e. The van der Waals surface area contributed by atoms with E-state index < -0.39 is 0 Å². The average molecular weight is 251 g/mol. The van der Waals surface area contributed by atoms with Crippen LogP contribution < -0.4 is 5.32 Å². The topological polar surface area (TPSA) is 42.7 Å². The Hall–Kier alpha value is -1.55. The molecule has 5 heteroatoms. The summed E-state index contributed by atoms with van der Waals surface area (Å²) in [5.74, 6) is 0. The first-order valence-electron chi connectivity index (χ1n) is 5.66. The third-order valence-electron chi connectivity index (χ3n) is 2.46. The van der Waals surface area contributed by atoms with Gasteiger partial charge < -0.3 is 9.88 Å². The molecular formula is C12H15ClN4. The first-order chi connectivity index (χ1) is 8.34. The summed E-state index contributed by atoms with van der Waals surface area (Å²) in [7, 11) is 0. The van der Waals surface area contributed by atoms with E-state index in [-0.39, 0.29) is 0 Å². The summed E-state index contributed by atoms with van der Waals surface area (Å²) in [6.07, 6.45) is 9.57. The predicted molar refractivity (Wildman–Crippen MR) is 69.2 cm³/mol. The van der Waals surface area contributed by atoms with Crippen LogP contribution in [0.2, 0.25) is 5.15 Å². The molecule has 0 aliphatic carbocycles. The minimum Gasteiger partial charge on any atom is -0.385 e. The molecule has 4 nitrogen and oxygen atoms in total. The van der Waals surface area contributed by atoms with Gasteiger partial charge in [-0.25, -0.2) is 9.97 Å². The number of unbranched alkanes of at least 4 members (excludes halogenated alkanes) is 1. The van der Waals surface area contributed by atoms with Crippen LogP contribution in [-0.2, 0) is 6.54 Å². The molecule has 1 N–H and O–H groups in total. The molecule has 2 rings (SSSR count). The molecular weight excluding hydrogens is 236 g/mol. The van der Waals surface area contributed by atoms with Crippen molar-refractivity contribution in [1.29, 1.82) is 0 Å². The zero-order chi connectivity index (χ0) is 11.9. The molecule has 0 spiro atoms. The van der Waals surface area contributed by atoms with Gasteiger partial charge in [0.2, 0.25) is 0 Å². The molecule has 0 aliphatic rings. The summed E-state index contributed by atoms with van der Waals surface area (Å²) in [6.45, 7) is 1.95. The molecule has 0 bridgehead atoms. The lowest BCUT2D eigenvalue weighted by Gasteiger charge is -2.06. The van der Waals surface area contributed by atoms with E-state index in [0.717, 1.165) is 31.6 Å². The molecule has 0 fully saturated rings. The summed E-state index contributed by atoms with van der Waals surface area (Å²) in [5.41, 5.74) is 1.02. The third kappa shape index (κ3) is 4.07. The van der Waals surface area contributed by atoms with Crippen molar-refractivity contribution < 1.29 is 0 Å². The van der Waals surface area contributed by atoms with Crippen molar-refractivity contribution in [2.24, 2.45) is 0 Å². The monoisotopic (exact) mass is 250 g/mol. The van der Waals surface area contributed by atoms with Gasteiger partial charge in [-0.2, -0.15) is 0 Å². The van der Waals surface area contributed by atoms with E-state index in [1.54, 1.807) is 12.4 Å². The summed E-state index contributed by atoms with van der Waals surface area (Å²) < 4.78 is 2.09. The van der Waals surface area contributed by atoms with Crippen LogP contribution in [0.5, 0.6) is 0 Å². The van der Waals surface area contributed by atoms with Gasteiger partial charge in [-0.15, -0.1) is 0 Å². The number of imidazole rings is 1. The first kappa shape index (κ1) is 11.9. The van der Waals surface area contributed by atoms with Crippen LogP contribution in [-0.4, -0.2) is 21.1 Å². The number of aryl methyl sites for hydroxylation is 1. The van der Waals surface area contributed by atoms with Gasteiger partial charge in [0.1, 0.15) is 5.15 Å². The fourth-order valence-electron chi connectivity index (χ4n) is 1.58. The second-order valence-electron chi connectivity index (χ2n) is 3.80. The fraction of sp³-hybridized carbons (Fsp3) is 0.333. The van der Waals surface area contributed by atoms with Crippen LogP contribution in [0, 0.1) is 0 Å². The zero-order valence-electron chi connectivity index (χ0n) is 9.51. The van der Waals surface area contributed by atoms with Crippen LogP contribution in [0.1, 0.15) is 12.8 Å². The average Bonchev–Trinajstić information content (AvgIpc) is 2.82. The van der Waals surface area contributed by atoms with Gasteiger partial charge in [-0.1, -0.05) is 11.6 Å². The van der Waals surface area contributed by atoms with Crippen LogP contribution >= 0.6 is 11.6 Å². The van der Waals surface area contributed by atoms with E-state index in [1.165, 1.54) is 0 Å². The minimum atomic E-state index is 0.522. The highest BCUT2D eigenvalue weighted by atomic mass is 35.5.